The van der Waals surface area contributed by atoms with Gasteiger partial charge in [-0.25, -0.2) is 0 Å². The summed E-state index contributed by atoms with van der Waals surface area (Å²) in [5.41, 5.74) is 0. The topological polar surface area (TPSA) is 67.4 Å². The first kappa shape index (κ1) is 12.2. The van der Waals surface area contributed by atoms with Gasteiger partial charge in [0.15, 0.2) is 0 Å². The molecule has 1 rings (SSSR count). The fraction of sp³-hybridized carbons (Fsp3) is 0.714. The molecule has 0 spiro atoms. The predicted molar refractivity (Wildman–Crippen MR) is 46.5 cm³/mol. The molecule has 3 amide bonds. The molecule has 2 N–H and O–H groups in total. The molecular formula is C7H11ClHgN2O3. The molecule has 0 aromatic heterocycles. The number of ether oxygens (including phenoxy) is 1. The molecule has 1 aliphatic heterocycles. The number of nitrogens with one attached hydrogen (secondary N) is 2. The molecule has 5 nitrogen and oxygen atoms in total. The number of urea groups is 1. The second-order valence-corrected chi connectivity index (χ2v) is 10.1. The van der Waals surface area contributed by atoms with Crippen LogP contribution in [-0.4, -0.2) is 31.2 Å². The third kappa shape index (κ3) is 3.36. The van der Waals surface area contributed by atoms with E-state index in [4.69, 9.17) is 13.0 Å². The maximum absolute atomic E-state index is 11.2. The summed E-state index contributed by atoms with van der Waals surface area (Å²) in [7, 11) is 7.38. The van der Waals surface area contributed by atoms with Crippen molar-refractivity contribution in [2.45, 2.75) is 22.5 Å². The van der Waals surface area contributed by atoms with E-state index in [0.717, 1.165) is 3.93 Å². The van der Waals surface area contributed by atoms with Crippen molar-refractivity contribution in [3.05, 3.63) is 0 Å². The first-order chi connectivity index (χ1) is 6.67. The molecule has 0 aromatic rings. The Hall–Kier alpha value is 0.125. The molecule has 1 heterocycles. The monoisotopic (exact) mass is 408 g/mol. The third-order valence-electron chi connectivity index (χ3n) is 2.12. The quantitative estimate of drug-likeness (QED) is 0.508. The molecule has 2 atom stereocenters. The van der Waals surface area contributed by atoms with Gasteiger partial charge in [-0.15, -0.1) is 0 Å². The Morgan fingerprint density at radius 3 is 2.79 bits per heavy atom. The first-order valence-electron chi connectivity index (χ1n) is 4.37. The SMILES string of the molecule is COC([CH2][Hg][Cl])CC1NC(=O)NC1=O. The number of imide groups is 1. The fourth-order valence-electron chi connectivity index (χ4n) is 1.34. The van der Waals surface area contributed by atoms with E-state index in [0.29, 0.717) is 6.42 Å². The zero-order chi connectivity index (χ0) is 10.6. The van der Waals surface area contributed by atoms with Gasteiger partial charge in [0.25, 0.3) is 0 Å². The van der Waals surface area contributed by atoms with Crippen molar-refractivity contribution < 1.29 is 37.7 Å². The molecule has 7 heteroatoms. The van der Waals surface area contributed by atoms with E-state index in [-0.39, 0.29) is 12.0 Å². The van der Waals surface area contributed by atoms with E-state index < -0.39 is 35.4 Å². The summed E-state index contributed by atoms with van der Waals surface area (Å²) in [5.74, 6) is -0.275. The zero-order valence-electron chi connectivity index (χ0n) is 7.88. The Balaban J connectivity index is 2.42. The van der Waals surface area contributed by atoms with Crippen LogP contribution in [0.5, 0.6) is 0 Å². The summed E-state index contributed by atoms with van der Waals surface area (Å²) < 4.78 is 6.06. The van der Waals surface area contributed by atoms with Gasteiger partial charge in [0, 0.05) is 0 Å². The van der Waals surface area contributed by atoms with Crippen molar-refractivity contribution in [1.82, 2.24) is 10.6 Å². The van der Waals surface area contributed by atoms with E-state index in [1.54, 1.807) is 7.11 Å². The minimum absolute atomic E-state index is 0.00307. The Bertz CT molecular complexity index is 239. The second kappa shape index (κ2) is 5.87. The zero-order valence-corrected chi connectivity index (χ0v) is 14.1. The number of rotatable bonds is 5. The molecule has 14 heavy (non-hydrogen) atoms. The van der Waals surface area contributed by atoms with E-state index in [1.807, 2.05) is 0 Å². The standard InChI is InChI=1S/C7H11N2O3.ClH.Hg/c1-4(12-2)3-5-6(10)9-7(11)8-5;;/h4-5H,1,3H2,2H3,(H2,8,9,10,11);1H;/q;;+1/p-1. The molecule has 0 radical (unpaired) electrons. The first-order valence-corrected chi connectivity index (χ1v) is 15.0. The normalized spacial score (nSPS) is 22.6. The molecule has 1 aliphatic rings. The molecule has 0 bridgehead atoms. The van der Waals surface area contributed by atoms with Crippen LogP contribution >= 0.6 is 8.25 Å². The number of halogens is 1. The number of carbonyl (C=O) groups excluding carboxylic acids is 2. The number of hydrogen-bond donors (Lipinski definition) is 2. The van der Waals surface area contributed by atoms with Gasteiger partial charge >= 0.3 is 98.1 Å². The van der Waals surface area contributed by atoms with Crippen LogP contribution in [0.2, 0.25) is 3.93 Å². The van der Waals surface area contributed by atoms with Crippen molar-refractivity contribution in [1.29, 1.82) is 0 Å². The number of carbonyl (C=O) groups is 2. The van der Waals surface area contributed by atoms with E-state index in [2.05, 4.69) is 10.6 Å². The van der Waals surface area contributed by atoms with Crippen LogP contribution in [-0.2, 0) is 32.9 Å². The van der Waals surface area contributed by atoms with Gasteiger partial charge in [0.05, 0.1) is 0 Å². The van der Waals surface area contributed by atoms with Gasteiger partial charge in [-0.2, -0.15) is 0 Å². The van der Waals surface area contributed by atoms with E-state index in [1.165, 1.54) is 0 Å². The molecule has 1 fully saturated rings. The van der Waals surface area contributed by atoms with Crippen LogP contribution < -0.4 is 10.6 Å². The van der Waals surface area contributed by atoms with Gasteiger partial charge < -0.3 is 0 Å². The fourth-order valence-corrected chi connectivity index (χ4v) is 6.26. The van der Waals surface area contributed by atoms with Crippen molar-refractivity contribution in [3.8, 4) is 0 Å². The summed E-state index contributed by atoms with van der Waals surface area (Å²) in [6, 6.07) is -0.880. The summed E-state index contributed by atoms with van der Waals surface area (Å²) in [6.45, 7) is 0. The van der Waals surface area contributed by atoms with Gasteiger partial charge in [0.2, 0.25) is 0 Å². The summed E-state index contributed by atoms with van der Waals surface area (Å²) in [4.78, 5) is 22.0. The number of amides is 3. The summed E-state index contributed by atoms with van der Waals surface area (Å²) >= 11 is -1.26. The molecule has 2 unspecified atom stereocenters. The minimum atomic E-state index is -1.26. The Morgan fingerprint density at radius 1 is 1.64 bits per heavy atom. The van der Waals surface area contributed by atoms with Crippen LogP contribution in [0.15, 0.2) is 0 Å². The summed E-state index contributed by atoms with van der Waals surface area (Å²) in [6.07, 6.45) is 0.518. The molecule has 0 aromatic carbocycles. The Morgan fingerprint density at radius 2 is 2.36 bits per heavy atom. The van der Waals surface area contributed by atoms with Gasteiger partial charge in [0.1, 0.15) is 0 Å². The van der Waals surface area contributed by atoms with Crippen LogP contribution in [0.3, 0.4) is 0 Å². The van der Waals surface area contributed by atoms with E-state index in [9.17, 15) is 9.59 Å². The second-order valence-electron chi connectivity index (χ2n) is 3.09. The van der Waals surface area contributed by atoms with Crippen LogP contribution in [0.1, 0.15) is 6.42 Å². The van der Waals surface area contributed by atoms with Crippen LogP contribution in [0.25, 0.3) is 0 Å². The molecule has 76 valence electrons. The number of methoxy groups -OCH3 is 1. The Kier molecular flexibility index (Phi) is 5.12. The van der Waals surface area contributed by atoms with Crippen LogP contribution in [0.4, 0.5) is 4.79 Å². The van der Waals surface area contributed by atoms with Crippen molar-refractivity contribution in [3.63, 3.8) is 0 Å². The average molecular weight is 407 g/mol. The predicted octanol–water partition coefficient (Wildman–Crippen LogP) is 0.254. The maximum atomic E-state index is 11.2. The third-order valence-corrected chi connectivity index (χ3v) is 7.39. The van der Waals surface area contributed by atoms with Crippen molar-refractivity contribution in [2.24, 2.45) is 0 Å². The molecule has 0 aliphatic carbocycles. The van der Waals surface area contributed by atoms with E-state index >= 15 is 0 Å². The number of hydrogen-bond acceptors (Lipinski definition) is 3. The molecule has 1 saturated heterocycles. The van der Waals surface area contributed by atoms with Gasteiger partial charge in [-0.05, 0) is 0 Å². The summed E-state index contributed by atoms with van der Waals surface area (Å²) in [5, 5.41) is 4.71. The average Bonchev–Trinajstić information content (AvgIpc) is 2.44. The van der Waals surface area contributed by atoms with Crippen molar-refractivity contribution in [2.75, 3.05) is 7.11 Å². The van der Waals surface area contributed by atoms with Crippen LogP contribution in [0, 0.1) is 0 Å². The Labute approximate surface area is 97.8 Å². The molecule has 0 saturated carbocycles. The van der Waals surface area contributed by atoms with Gasteiger partial charge in [-0.1, -0.05) is 0 Å². The van der Waals surface area contributed by atoms with Gasteiger partial charge in [-0.3, -0.25) is 0 Å². The van der Waals surface area contributed by atoms with Crippen molar-refractivity contribution >= 4 is 20.2 Å². The molecular weight excluding hydrogens is 396 g/mol.